The SMILES string of the molecule is Cc1ccc(-c2cnc(NN)s2)cc1. The zero-order valence-corrected chi connectivity index (χ0v) is 8.64. The van der Waals surface area contributed by atoms with E-state index in [1.54, 1.807) is 11.3 Å². The molecule has 4 heteroatoms. The minimum Gasteiger partial charge on any atom is -0.300 e. The van der Waals surface area contributed by atoms with Gasteiger partial charge in [0.15, 0.2) is 5.13 Å². The molecule has 2 rings (SSSR count). The van der Waals surface area contributed by atoms with Gasteiger partial charge in [0.2, 0.25) is 0 Å². The van der Waals surface area contributed by atoms with Crippen molar-refractivity contribution < 1.29 is 0 Å². The molecule has 0 unspecified atom stereocenters. The molecule has 0 aliphatic carbocycles. The lowest BCUT2D eigenvalue weighted by atomic mass is 10.1. The summed E-state index contributed by atoms with van der Waals surface area (Å²) in [5, 5.41) is 0.737. The third-order valence-electron chi connectivity index (χ3n) is 1.97. The summed E-state index contributed by atoms with van der Waals surface area (Å²) in [6.07, 6.45) is 1.82. The van der Waals surface area contributed by atoms with Crippen molar-refractivity contribution >= 4 is 16.5 Å². The lowest BCUT2D eigenvalue weighted by Crippen LogP contribution is -2.05. The number of aromatic nitrogens is 1. The summed E-state index contributed by atoms with van der Waals surface area (Å²) in [7, 11) is 0. The molecule has 0 atom stereocenters. The van der Waals surface area contributed by atoms with Gasteiger partial charge in [-0.1, -0.05) is 41.2 Å². The van der Waals surface area contributed by atoms with E-state index >= 15 is 0 Å². The van der Waals surface area contributed by atoms with E-state index in [1.165, 1.54) is 11.1 Å². The second-order valence-corrected chi connectivity index (χ2v) is 4.07. The summed E-state index contributed by atoms with van der Waals surface area (Å²) in [4.78, 5) is 5.24. The van der Waals surface area contributed by atoms with Crippen LogP contribution in [0.5, 0.6) is 0 Å². The Bertz CT molecular complexity index is 419. The number of nitrogens with one attached hydrogen (secondary N) is 1. The van der Waals surface area contributed by atoms with Crippen molar-refractivity contribution in [2.75, 3.05) is 5.43 Å². The van der Waals surface area contributed by atoms with Crippen LogP contribution in [0.4, 0.5) is 5.13 Å². The van der Waals surface area contributed by atoms with Gasteiger partial charge in [-0.15, -0.1) is 0 Å². The summed E-state index contributed by atoms with van der Waals surface area (Å²) in [5.74, 6) is 5.26. The van der Waals surface area contributed by atoms with Gasteiger partial charge in [-0.3, -0.25) is 5.43 Å². The summed E-state index contributed by atoms with van der Waals surface area (Å²) < 4.78 is 0. The largest absolute Gasteiger partial charge is 0.300 e. The molecular weight excluding hydrogens is 194 g/mol. The van der Waals surface area contributed by atoms with E-state index in [-0.39, 0.29) is 0 Å². The predicted octanol–water partition coefficient (Wildman–Crippen LogP) is 2.40. The molecule has 0 saturated carbocycles. The van der Waals surface area contributed by atoms with Gasteiger partial charge in [0.1, 0.15) is 0 Å². The molecule has 0 spiro atoms. The van der Waals surface area contributed by atoms with Crippen LogP contribution in [0.2, 0.25) is 0 Å². The highest BCUT2D eigenvalue weighted by Crippen LogP contribution is 2.28. The molecular formula is C10H11N3S. The zero-order valence-electron chi connectivity index (χ0n) is 7.82. The average molecular weight is 205 g/mol. The Morgan fingerprint density at radius 3 is 2.57 bits per heavy atom. The summed E-state index contributed by atoms with van der Waals surface area (Å²) in [6.45, 7) is 2.07. The fraction of sp³-hybridized carbons (Fsp3) is 0.100. The standard InChI is InChI=1S/C10H11N3S/c1-7-2-4-8(5-3-7)9-6-12-10(13-11)14-9/h2-6H,11H2,1H3,(H,12,13). The van der Waals surface area contributed by atoms with E-state index < -0.39 is 0 Å². The molecule has 3 nitrogen and oxygen atoms in total. The maximum Gasteiger partial charge on any atom is 0.197 e. The summed E-state index contributed by atoms with van der Waals surface area (Å²) in [6, 6.07) is 8.35. The van der Waals surface area contributed by atoms with Gasteiger partial charge < -0.3 is 0 Å². The van der Waals surface area contributed by atoms with Crippen molar-refractivity contribution in [3.8, 4) is 10.4 Å². The van der Waals surface area contributed by atoms with Gasteiger partial charge in [-0.05, 0) is 12.5 Å². The van der Waals surface area contributed by atoms with Crippen LogP contribution < -0.4 is 11.3 Å². The number of aryl methyl sites for hydroxylation is 1. The van der Waals surface area contributed by atoms with Crippen LogP contribution in [0.15, 0.2) is 30.5 Å². The minimum atomic E-state index is 0.737. The van der Waals surface area contributed by atoms with Crippen molar-refractivity contribution in [3.05, 3.63) is 36.0 Å². The fourth-order valence-corrected chi connectivity index (χ4v) is 1.92. The molecule has 2 aromatic rings. The first-order valence-corrected chi connectivity index (χ1v) is 5.11. The third-order valence-corrected chi connectivity index (χ3v) is 2.94. The number of hydrogen-bond donors (Lipinski definition) is 2. The third kappa shape index (κ3) is 1.76. The Balaban J connectivity index is 2.34. The number of hydrogen-bond acceptors (Lipinski definition) is 4. The molecule has 0 radical (unpaired) electrons. The van der Waals surface area contributed by atoms with Crippen molar-refractivity contribution in [1.82, 2.24) is 4.98 Å². The first kappa shape index (κ1) is 9.18. The second kappa shape index (κ2) is 3.77. The molecule has 1 heterocycles. The maximum absolute atomic E-state index is 5.26. The van der Waals surface area contributed by atoms with E-state index in [1.807, 2.05) is 6.20 Å². The van der Waals surface area contributed by atoms with E-state index in [2.05, 4.69) is 41.6 Å². The van der Waals surface area contributed by atoms with Gasteiger partial charge in [0.25, 0.3) is 0 Å². The number of nitrogens with two attached hydrogens (primary N) is 1. The normalized spacial score (nSPS) is 10.1. The summed E-state index contributed by atoms with van der Waals surface area (Å²) in [5.41, 5.74) is 4.97. The number of nitrogen functional groups attached to an aromatic ring is 1. The predicted molar refractivity (Wildman–Crippen MR) is 60.1 cm³/mol. The lowest BCUT2D eigenvalue weighted by Gasteiger charge is -1.96. The van der Waals surface area contributed by atoms with Crippen molar-refractivity contribution in [2.24, 2.45) is 5.84 Å². The molecule has 1 aromatic carbocycles. The molecule has 0 fully saturated rings. The Morgan fingerprint density at radius 1 is 1.29 bits per heavy atom. The topological polar surface area (TPSA) is 50.9 Å². The van der Waals surface area contributed by atoms with Crippen LogP contribution in [-0.4, -0.2) is 4.98 Å². The number of hydrazine groups is 1. The van der Waals surface area contributed by atoms with Gasteiger partial charge in [0, 0.05) is 6.20 Å². The Morgan fingerprint density at radius 2 is 2.00 bits per heavy atom. The number of benzene rings is 1. The summed E-state index contributed by atoms with van der Waals surface area (Å²) >= 11 is 1.54. The number of nitrogens with zero attached hydrogens (tertiary/aromatic N) is 1. The monoisotopic (exact) mass is 205 g/mol. The molecule has 72 valence electrons. The van der Waals surface area contributed by atoms with E-state index in [9.17, 15) is 0 Å². The highest BCUT2D eigenvalue weighted by Gasteiger charge is 2.02. The lowest BCUT2D eigenvalue weighted by molar-refractivity contribution is 1.29. The molecule has 3 N–H and O–H groups in total. The first-order valence-electron chi connectivity index (χ1n) is 4.29. The van der Waals surface area contributed by atoms with Gasteiger partial charge >= 0.3 is 0 Å². The van der Waals surface area contributed by atoms with Gasteiger partial charge in [-0.2, -0.15) is 0 Å². The maximum atomic E-state index is 5.26. The molecule has 14 heavy (non-hydrogen) atoms. The second-order valence-electron chi connectivity index (χ2n) is 3.04. The number of anilines is 1. The average Bonchev–Trinajstić information content (AvgIpc) is 2.67. The molecule has 0 amide bonds. The Kier molecular flexibility index (Phi) is 2.47. The quantitative estimate of drug-likeness (QED) is 0.584. The highest BCUT2D eigenvalue weighted by atomic mass is 32.1. The molecule has 0 saturated heterocycles. The smallest absolute Gasteiger partial charge is 0.197 e. The van der Waals surface area contributed by atoms with Crippen LogP contribution >= 0.6 is 11.3 Å². The molecule has 0 aliphatic rings. The highest BCUT2D eigenvalue weighted by molar-refractivity contribution is 7.18. The van der Waals surface area contributed by atoms with Gasteiger partial charge in [0.05, 0.1) is 4.88 Å². The van der Waals surface area contributed by atoms with E-state index in [0.717, 1.165) is 10.0 Å². The molecule has 1 aromatic heterocycles. The number of rotatable bonds is 2. The molecule has 0 bridgehead atoms. The van der Waals surface area contributed by atoms with Crippen LogP contribution in [0.25, 0.3) is 10.4 Å². The van der Waals surface area contributed by atoms with Crippen molar-refractivity contribution in [3.63, 3.8) is 0 Å². The number of thiazole rings is 1. The molecule has 0 aliphatic heterocycles. The van der Waals surface area contributed by atoms with E-state index in [0.29, 0.717) is 0 Å². The van der Waals surface area contributed by atoms with Crippen LogP contribution in [0.3, 0.4) is 0 Å². The first-order chi connectivity index (χ1) is 6.79. The van der Waals surface area contributed by atoms with Crippen LogP contribution in [0.1, 0.15) is 5.56 Å². The van der Waals surface area contributed by atoms with Crippen LogP contribution in [-0.2, 0) is 0 Å². The van der Waals surface area contributed by atoms with E-state index in [4.69, 9.17) is 5.84 Å². The Labute approximate surface area is 86.6 Å². The van der Waals surface area contributed by atoms with Crippen molar-refractivity contribution in [2.45, 2.75) is 6.92 Å². The fourth-order valence-electron chi connectivity index (χ4n) is 1.19. The minimum absolute atomic E-state index is 0.737. The zero-order chi connectivity index (χ0) is 9.97. The van der Waals surface area contributed by atoms with Crippen LogP contribution in [0, 0.1) is 6.92 Å². The van der Waals surface area contributed by atoms with Gasteiger partial charge in [-0.25, -0.2) is 10.8 Å². The Hall–Kier alpha value is -1.39. The van der Waals surface area contributed by atoms with Crippen molar-refractivity contribution in [1.29, 1.82) is 0 Å².